The molecule has 0 radical (unpaired) electrons. The van der Waals surface area contributed by atoms with Gasteiger partial charge in [0.25, 0.3) is 0 Å². The molecule has 68 valence electrons. The summed E-state index contributed by atoms with van der Waals surface area (Å²) < 4.78 is 0. The van der Waals surface area contributed by atoms with Crippen LogP contribution >= 0.6 is 0 Å². The normalized spacial score (nSPS) is 14.7. The summed E-state index contributed by atoms with van der Waals surface area (Å²) in [5, 5.41) is 2.80. The molecule has 1 aliphatic rings. The Hall–Kier alpha value is -1.55. The number of rotatable bonds is 1. The zero-order valence-electron chi connectivity index (χ0n) is 7.13. The Morgan fingerprint density at radius 2 is 2.23 bits per heavy atom. The van der Waals surface area contributed by atoms with Crippen molar-refractivity contribution < 1.29 is 4.79 Å². The molecule has 1 heterocycles. The van der Waals surface area contributed by atoms with Gasteiger partial charge in [-0.25, -0.2) is 0 Å². The predicted molar refractivity (Wildman–Crippen MR) is 51.2 cm³/mol. The molecule has 4 N–H and O–H groups in total. The molecule has 0 aromatic heterocycles. The number of nitrogens with one attached hydrogen (secondary N) is 2. The lowest BCUT2D eigenvalue weighted by Gasteiger charge is -2.17. The minimum Gasteiger partial charge on any atom is -0.326 e. The van der Waals surface area contributed by atoms with Crippen LogP contribution in [0.2, 0.25) is 0 Å². The van der Waals surface area contributed by atoms with Crippen LogP contribution in [0, 0.1) is 0 Å². The molecule has 0 unspecified atom stereocenters. The average Bonchev–Trinajstić information content (AvgIpc) is 2.16. The van der Waals surface area contributed by atoms with E-state index >= 15 is 0 Å². The molecular formula is C9H11N3O. The fourth-order valence-corrected chi connectivity index (χ4v) is 1.46. The van der Waals surface area contributed by atoms with Gasteiger partial charge in [-0.3, -0.25) is 10.6 Å². The summed E-state index contributed by atoms with van der Waals surface area (Å²) in [6.45, 7) is 0. The van der Waals surface area contributed by atoms with Gasteiger partial charge < -0.3 is 10.7 Å². The van der Waals surface area contributed by atoms with Gasteiger partial charge in [0.05, 0.1) is 5.69 Å². The van der Waals surface area contributed by atoms with E-state index in [9.17, 15) is 4.79 Å². The van der Waals surface area contributed by atoms with E-state index in [2.05, 4.69) is 10.7 Å². The van der Waals surface area contributed by atoms with Gasteiger partial charge in [-0.2, -0.15) is 0 Å². The highest BCUT2D eigenvalue weighted by Gasteiger charge is 2.14. The number of fused-ring (bicyclic) bond motifs is 1. The first-order valence-electron chi connectivity index (χ1n) is 4.19. The lowest BCUT2D eigenvalue weighted by atomic mass is 10.0. The lowest BCUT2D eigenvalue weighted by molar-refractivity contribution is -0.116. The molecule has 1 aromatic carbocycles. The number of nitrogen functional groups attached to an aromatic ring is 1. The predicted octanol–water partition coefficient (Wildman–Crippen LogP) is 0.857. The molecule has 1 aliphatic heterocycles. The van der Waals surface area contributed by atoms with Crippen LogP contribution in [0.15, 0.2) is 18.2 Å². The first kappa shape index (κ1) is 8.07. The van der Waals surface area contributed by atoms with Gasteiger partial charge >= 0.3 is 0 Å². The van der Waals surface area contributed by atoms with Crippen molar-refractivity contribution in [3.63, 3.8) is 0 Å². The van der Waals surface area contributed by atoms with Crippen molar-refractivity contribution in [2.75, 3.05) is 10.7 Å². The second-order valence-electron chi connectivity index (χ2n) is 3.06. The minimum atomic E-state index is 0.0710. The molecular weight excluding hydrogens is 166 g/mol. The molecule has 0 spiro atoms. The number of aryl methyl sites for hydroxylation is 1. The summed E-state index contributed by atoms with van der Waals surface area (Å²) >= 11 is 0. The summed E-state index contributed by atoms with van der Waals surface area (Å²) in [5.74, 6) is 5.33. The van der Waals surface area contributed by atoms with E-state index < -0.39 is 0 Å². The smallest absolute Gasteiger partial charge is 0.224 e. The number of hydrazine groups is 1. The average molecular weight is 177 g/mol. The Labute approximate surface area is 76.1 Å². The highest BCUT2D eigenvalue weighted by molar-refractivity contribution is 5.94. The van der Waals surface area contributed by atoms with E-state index in [1.165, 1.54) is 5.56 Å². The van der Waals surface area contributed by atoms with Gasteiger partial charge in [0.2, 0.25) is 5.91 Å². The second kappa shape index (κ2) is 3.06. The Balaban J connectivity index is 2.38. The maximum absolute atomic E-state index is 11.1. The van der Waals surface area contributed by atoms with Crippen LogP contribution in [0.3, 0.4) is 0 Å². The minimum absolute atomic E-state index is 0.0710. The molecule has 13 heavy (non-hydrogen) atoms. The number of nitrogens with two attached hydrogens (primary N) is 1. The summed E-state index contributed by atoms with van der Waals surface area (Å²) in [5.41, 5.74) is 5.38. The summed E-state index contributed by atoms with van der Waals surface area (Å²) in [6, 6.07) is 5.71. The highest BCUT2D eigenvalue weighted by Crippen LogP contribution is 2.25. The molecule has 0 aliphatic carbocycles. The SMILES string of the molecule is NNc1ccc2c(c1)NC(=O)CC2. The van der Waals surface area contributed by atoms with E-state index in [4.69, 9.17) is 5.84 Å². The molecule has 0 bridgehead atoms. The van der Waals surface area contributed by atoms with Crippen LogP contribution in [-0.2, 0) is 11.2 Å². The number of benzene rings is 1. The quantitative estimate of drug-likeness (QED) is 0.440. The molecule has 0 atom stereocenters. The maximum Gasteiger partial charge on any atom is 0.224 e. The fourth-order valence-electron chi connectivity index (χ4n) is 1.46. The Morgan fingerprint density at radius 3 is 3.00 bits per heavy atom. The van der Waals surface area contributed by atoms with Crippen LogP contribution in [0.5, 0.6) is 0 Å². The number of carbonyl (C=O) groups excluding carboxylic acids is 1. The van der Waals surface area contributed by atoms with Crippen molar-refractivity contribution in [1.82, 2.24) is 0 Å². The molecule has 2 rings (SSSR count). The first-order valence-corrected chi connectivity index (χ1v) is 4.19. The zero-order chi connectivity index (χ0) is 9.26. The lowest BCUT2D eigenvalue weighted by Crippen LogP contribution is -2.19. The van der Waals surface area contributed by atoms with Crippen molar-refractivity contribution >= 4 is 17.3 Å². The van der Waals surface area contributed by atoms with Gasteiger partial charge in [0.1, 0.15) is 0 Å². The Bertz CT molecular complexity index is 349. The topological polar surface area (TPSA) is 67.2 Å². The van der Waals surface area contributed by atoms with Crippen molar-refractivity contribution in [1.29, 1.82) is 0 Å². The van der Waals surface area contributed by atoms with Crippen LogP contribution in [0.1, 0.15) is 12.0 Å². The number of anilines is 2. The van der Waals surface area contributed by atoms with E-state index in [1.807, 2.05) is 18.2 Å². The van der Waals surface area contributed by atoms with Gasteiger partial charge in [-0.05, 0) is 24.1 Å². The number of hydrogen-bond donors (Lipinski definition) is 3. The zero-order valence-corrected chi connectivity index (χ0v) is 7.13. The standard InChI is InChI=1S/C9H11N3O/c10-12-7-3-1-6-2-4-9(13)11-8(6)5-7/h1,3,5,12H,2,4,10H2,(H,11,13). The van der Waals surface area contributed by atoms with E-state index in [0.29, 0.717) is 6.42 Å². The molecule has 1 aromatic rings. The van der Waals surface area contributed by atoms with E-state index in [-0.39, 0.29) is 5.91 Å². The highest BCUT2D eigenvalue weighted by atomic mass is 16.1. The molecule has 0 fully saturated rings. The Morgan fingerprint density at radius 1 is 1.38 bits per heavy atom. The Kier molecular flexibility index (Phi) is 1.90. The van der Waals surface area contributed by atoms with Crippen molar-refractivity contribution in [3.05, 3.63) is 23.8 Å². The van der Waals surface area contributed by atoms with Gasteiger partial charge in [0, 0.05) is 12.1 Å². The molecule has 0 saturated heterocycles. The third kappa shape index (κ3) is 1.48. The summed E-state index contributed by atoms with van der Waals surface area (Å²) in [6.07, 6.45) is 1.38. The van der Waals surface area contributed by atoms with Gasteiger partial charge in [-0.15, -0.1) is 0 Å². The van der Waals surface area contributed by atoms with Crippen molar-refractivity contribution in [2.45, 2.75) is 12.8 Å². The second-order valence-corrected chi connectivity index (χ2v) is 3.06. The summed E-state index contributed by atoms with van der Waals surface area (Å²) in [4.78, 5) is 11.1. The van der Waals surface area contributed by atoms with Crippen LogP contribution in [-0.4, -0.2) is 5.91 Å². The van der Waals surface area contributed by atoms with Crippen LogP contribution < -0.4 is 16.6 Å². The largest absolute Gasteiger partial charge is 0.326 e. The molecule has 4 heteroatoms. The van der Waals surface area contributed by atoms with Gasteiger partial charge in [0.15, 0.2) is 0 Å². The molecule has 4 nitrogen and oxygen atoms in total. The third-order valence-electron chi connectivity index (χ3n) is 2.17. The summed E-state index contributed by atoms with van der Waals surface area (Å²) in [7, 11) is 0. The fraction of sp³-hybridized carbons (Fsp3) is 0.222. The van der Waals surface area contributed by atoms with Crippen LogP contribution in [0.25, 0.3) is 0 Å². The number of amides is 1. The first-order chi connectivity index (χ1) is 6.29. The van der Waals surface area contributed by atoms with Gasteiger partial charge in [-0.1, -0.05) is 6.07 Å². The van der Waals surface area contributed by atoms with E-state index in [1.54, 1.807) is 0 Å². The number of carbonyl (C=O) groups is 1. The molecule has 1 amide bonds. The monoisotopic (exact) mass is 177 g/mol. The van der Waals surface area contributed by atoms with Crippen molar-refractivity contribution in [2.24, 2.45) is 5.84 Å². The molecule has 0 saturated carbocycles. The van der Waals surface area contributed by atoms with Crippen molar-refractivity contribution in [3.8, 4) is 0 Å². The number of hydrogen-bond acceptors (Lipinski definition) is 3. The van der Waals surface area contributed by atoms with E-state index in [0.717, 1.165) is 17.8 Å². The third-order valence-corrected chi connectivity index (χ3v) is 2.17. The van der Waals surface area contributed by atoms with Crippen LogP contribution in [0.4, 0.5) is 11.4 Å². The maximum atomic E-state index is 11.1.